The quantitative estimate of drug-likeness (QED) is 0.316. The Labute approximate surface area is 216 Å². The second kappa shape index (κ2) is 9.84. The van der Waals surface area contributed by atoms with Crippen molar-refractivity contribution < 1.29 is 21.9 Å². The van der Waals surface area contributed by atoms with E-state index in [4.69, 9.17) is 4.74 Å². The van der Waals surface area contributed by atoms with Crippen LogP contribution >= 0.6 is 0 Å². The first kappa shape index (κ1) is 24.7. The van der Waals surface area contributed by atoms with E-state index in [9.17, 15) is 22.5 Å². The maximum absolute atomic E-state index is 13.9. The highest BCUT2D eigenvalue weighted by Gasteiger charge is 2.20. The Morgan fingerprint density at radius 3 is 2.32 bits per heavy atom. The molecular weight excluding hydrogens is 512 g/mol. The van der Waals surface area contributed by atoms with Crippen molar-refractivity contribution >= 4 is 26.7 Å². The minimum Gasteiger partial charge on any atom is -0.496 e. The van der Waals surface area contributed by atoms with Crippen LogP contribution in [0.4, 0.5) is 14.7 Å². The van der Waals surface area contributed by atoms with Crippen LogP contribution in [0.3, 0.4) is 0 Å². The predicted octanol–water partition coefficient (Wildman–Crippen LogP) is 5.32. The highest BCUT2D eigenvalue weighted by atomic mass is 32.2. The van der Waals surface area contributed by atoms with Gasteiger partial charge in [0.25, 0.3) is 10.0 Å². The molecule has 8 nitrogen and oxygen atoms in total. The van der Waals surface area contributed by atoms with Gasteiger partial charge in [-0.25, -0.2) is 31.9 Å². The molecule has 0 saturated carbocycles. The van der Waals surface area contributed by atoms with Crippen LogP contribution < -0.4 is 9.46 Å². The number of hydrogen-bond donors (Lipinski definition) is 1. The fourth-order valence-corrected chi connectivity index (χ4v) is 5.04. The molecular formula is C27H17F2N5O3S. The summed E-state index contributed by atoms with van der Waals surface area (Å²) in [4.78, 5) is 12.2. The molecule has 2 aromatic heterocycles. The van der Waals surface area contributed by atoms with Crippen molar-refractivity contribution in [2.75, 3.05) is 11.8 Å². The molecule has 11 heteroatoms. The molecule has 0 atom stereocenters. The molecule has 188 valence electrons. The third-order valence-electron chi connectivity index (χ3n) is 5.73. The number of nitriles is 1. The van der Waals surface area contributed by atoms with Crippen LogP contribution in [-0.4, -0.2) is 30.5 Å². The predicted molar refractivity (Wildman–Crippen MR) is 137 cm³/mol. The van der Waals surface area contributed by atoms with Crippen LogP contribution in [0, 0.1) is 23.0 Å². The number of aromatic nitrogens is 3. The van der Waals surface area contributed by atoms with Gasteiger partial charge in [0.05, 0.1) is 29.3 Å². The number of ether oxygens (including phenoxy) is 1. The molecule has 0 aliphatic rings. The lowest BCUT2D eigenvalue weighted by Gasteiger charge is -2.15. The number of sulfonamides is 1. The molecule has 0 radical (unpaired) electrons. The van der Waals surface area contributed by atoms with E-state index in [1.54, 1.807) is 18.2 Å². The highest BCUT2D eigenvalue weighted by molar-refractivity contribution is 7.92. The van der Waals surface area contributed by atoms with Crippen molar-refractivity contribution in [2.24, 2.45) is 0 Å². The van der Waals surface area contributed by atoms with Crippen molar-refractivity contribution in [1.82, 2.24) is 15.0 Å². The molecule has 0 amide bonds. The van der Waals surface area contributed by atoms with Crippen molar-refractivity contribution in [3.8, 4) is 34.2 Å². The second-order valence-corrected chi connectivity index (χ2v) is 9.77. The third-order valence-corrected chi connectivity index (χ3v) is 7.05. The third kappa shape index (κ3) is 4.72. The molecule has 0 saturated heterocycles. The summed E-state index contributed by atoms with van der Waals surface area (Å²) in [5, 5.41) is 11.0. The van der Waals surface area contributed by atoms with Gasteiger partial charge in [0, 0.05) is 41.2 Å². The average Bonchev–Trinajstić information content (AvgIpc) is 2.91. The van der Waals surface area contributed by atoms with E-state index >= 15 is 0 Å². The number of nitrogens with one attached hydrogen (secondary N) is 1. The van der Waals surface area contributed by atoms with Gasteiger partial charge in [0.15, 0.2) is 0 Å². The number of rotatable bonds is 6. The average molecular weight is 530 g/mol. The summed E-state index contributed by atoms with van der Waals surface area (Å²) in [7, 11) is -2.55. The van der Waals surface area contributed by atoms with E-state index in [1.807, 2.05) is 0 Å². The number of hydrogen-bond acceptors (Lipinski definition) is 7. The maximum atomic E-state index is 13.9. The summed E-state index contributed by atoms with van der Waals surface area (Å²) in [5.74, 6) is -1.30. The van der Waals surface area contributed by atoms with Gasteiger partial charge < -0.3 is 4.74 Å². The maximum Gasteiger partial charge on any atom is 0.264 e. The number of fused-ring (bicyclic) bond motifs is 1. The van der Waals surface area contributed by atoms with Gasteiger partial charge in [-0.3, -0.25) is 4.98 Å². The lowest BCUT2D eigenvalue weighted by atomic mass is 9.94. The molecule has 0 aliphatic heterocycles. The largest absolute Gasteiger partial charge is 0.496 e. The van der Waals surface area contributed by atoms with E-state index in [1.165, 1.54) is 50.0 Å². The lowest BCUT2D eigenvalue weighted by molar-refractivity contribution is 0.416. The van der Waals surface area contributed by atoms with Gasteiger partial charge in [-0.15, -0.1) is 0 Å². The first-order valence-electron chi connectivity index (χ1n) is 11.1. The highest BCUT2D eigenvalue weighted by Crippen LogP contribution is 2.39. The van der Waals surface area contributed by atoms with Crippen molar-refractivity contribution in [3.63, 3.8) is 0 Å². The van der Waals surface area contributed by atoms with Crippen LogP contribution in [0.15, 0.2) is 84.1 Å². The molecule has 5 rings (SSSR count). The molecule has 0 bridgehead atoms. The molecule has 5 aromatic rings. The SMILES string of the molecule is COc1cc(-c2cc(F)cc(F)c2)c(C#N)cc1-c1nccc2cc(S(=O)(=O)Nc3ncccn3)ccc12. The number of pyridine rings is 1. The smallest absolute Gasteiger partial charge is 0.264 e. The fourth-order valence-electron chi connectivity index (χ4n) is 4.04. The fraction of sp³-hybridized carbons (Fsp3) is 0.0370. The normalized spacial score (nSPS) is 11.2. The summed E-state index contributed by atoms with van der Waals surface area (Å²) in [6, 6.07) is 15.8. The number of anilines is 1. The van der Waals surface area contributed by atoms with Crippen molar-refractivity contribution in [1.29, 1.82) is 5.26 Å². The summed E-state index contributed by atoms with van der Waals surface area (Å²) >= 11 is 0. The number of nitrogens with zero attached hydrogens (tertiary/aromatic N) is 4. The van der Waals surface area contributed by atoms with E-state index in [0.29, 0.717) is 27.8 Å². The van der Waals surface area contributed by atoms with Gasteiger partial charge in [-0.2, -0.15) is 5.26 Å². The Morgan fingerprint density at radius 2 is 1.63 bits per heavy atom. The van der Waals surface area contributed by atoms with Gasteiger partial charge in [-0.1, -0.05) is 6.07 Å². The number of halogens is 2. The van der Waals surface area contributed by atoms with E-state index < -0.39 is 21.7 Å². The van der Waals surface area contributed by atoms with Crippen LogP contribution in [0.1, 0.15) is 5.56 Å². The summed E-state index contributed by atoms with van der Waals surface area (Å²) in [6.07, 6.45) is 4.34. The van der Waals surface area contributed by atoms with Crippen LogP contribution in [0.2, 0.25) is 0 Å². The molecule has 0 unspecified atom stereocenters. The van der Waals surface area contributed by atoms with Gasteiger partial charge >= 0.3 is 0 Å². The van der Waals surface area contributed by atoms with Gasteiger partial charge in [-0.05, 0) is 59.5 Å². The zero-order valence-corrected chi connectivity index (χ0v) is 20.5. The zero-order valence-electron chi connectivity index (χ0n) is 19.7. The zero-order chi connectivity index (χ0) is 26.9. The Morgan fingerprint density at radius 1 is 0.895 bits per heavy atom. The summed E-state index contributed by atoms with van der Waals surface area (Å²) < 4.78 is 61.4. The minimum absolute atomic E-state index is 0.0113. The lowest BCUT2D eigenvalue weighted by Crippen LogP contribution is -2.14. The van der Waals surface area contributed by atoms with E-state index in [-0.39, 0.29) is 27.5 Å². The van der Waals surface area contributed by atoms with Crippen LogP contribution in [0.5, 0.6) is 5.75 Å². The van der Waals surface area contributed by atoms with Crippen molar-refractivity contribution in [3.05, 3.63) is 96.5 Å². The molecule has 0 aliphatic carbocycles. The van der Waals surface area contributed by atoms with E-state index in [0.717, 1.165) is 18.2 Å². The Bertz CT molecular complexity index is 1820. The van der Waals surface area contributed by atoms with Crippen LogP contribution in [0.25, 0.3) is 33.2 Å². The Balaban J connectivity index is 1.62. The molecule has 38 heavy (non-hydrogen) atoms. The molecule has 3 aromatic carbocycles. The Hall–Kier alpha value is -4.95. The molecule has 0 fully saturated rings. The monoisotopic (exact) mass is 529 g/mol. The van der Waals surface area contributed by atoms with Gasteiger partial charge in [0.2, 0.25) is 5.95 Å². The van der Waals surface area contributed by atoms with Gasteiger partial charge in [0.1, 0.15) is 17.4 Å². The first-order chi connectivity index (χ1) is 18.3. The summed E-state index contributed by atoms with van der Waals surface area (Å²) in [6.45, 7) is 0. The molecule has 2 heterocycles. The number of benzene rings is 3. The second-order valence-electron chi connectivity index (χ2n) is 8.09. The standard InChI is InChI=1S/C27H17F2N5O3S/c1-37-25-14-23(17-9-19(28)13-20(29)10-17)18(15-30)12-24(25)26-22-4-3-21(11-16(22)5-8-31-26)38(35,36)34-27-32-6-2-7-33-27/h2-14H,1H3,(H,32,33,34). The van der Waals surface area contributed by atoms with Crippen LogP contribution in [-0.2, 0) is 10.0 Å². The van der Waals surface area contributed by atoms with Crippen molar-refractivity contribution in [2.45, 2.75) is 4.90 Å². The first-order valence-corrected chi connectivity index (χ1v) is 12.5. The molecule has 0 spiro atoms. The molecule has 1 N–H and O–H groups in total. The topological polar surface area (TPSA) is 118 Å². The minimum atomic E-state index is -3.97. The summed E-state index contributed by atoms with van der Waals surface area (Å²) in [5.41, 5.74) is 1.49. The van der Waals surface area contributed by atoms with E-state index in [2.05, 4.69) is 25.7 Å². The number of methoxy groups -OCH3 is 1. The Kier molecular flexibility index (Phi) is 6.40.